The molecule has 1 aromatic rings. The Labute approximate surface area is 116 Å². The number of benzene rings is 1. The Bertz CT molecular complexity index is 517. The molecule has 98 valence electrons. The first-order valence-electron chi connectivity index (χ1n) is 7.55. The highest BCUT2D eigenvalue weighted by Crippen LogP contribution is 2.33. The third-order valence-corrected chi connectivity index (χ3v) is 4.26. The van der Waals surface area contributed by atoms with Crippen molar-refractivity contribution in [2.45, 2.75) is 44.4 Å². The Kier molecular flexibility index (Phi) is 3.98. The Balaban J connectivity index is 1.38. The average Bonchev–Trinajstić information content (AvgIpc) is 3.08. The average molecular weight is 250 g/mol. The van der Waals surface area contributed by atoms with Crippen molar-refractivity contribution in [1.29, 1.82) is 0 Å². The summed E-state index contributed by atoms with van der Waals surface area (Å²) in [4.78, 5) is 0. The van der Waals surface area contributed by atoms with E-state index in [1.807, 2.05) is 0 Å². The fourth-order valence-corrected chi connectivity index (χ4v) is 3.15. The van der Waals surface area contributed by atoms with Crippen molar-refractivity contribution >= 4 is 6.08 Å². The highest BCUT2D eigenvalue weighted by Gasteiger charge is 2.15. The summed E-state index contributed by atoms with van der Waals surface area (Å²) in [7, 11) is 0. The van der Waals surface area contributed by atoms with Crippen LogP contribution in [0.5, 0.6) is 0 Å². The van der Waals surface area contributed by atoms with Crippen molar-refractivity contribution in [3.05, 3.63) is 65.3 Å². The maximum atomic E-state index is 2.38. The fraction of sp³-hybridized carbons (Fsp3) is 0.368. The second-order valence-electron chi connectivity index (χ2n) is 5.65. The summed E-state index contributed by atoms with van der Waals surface area (Å²) in [5.41, 5.74) is 4.57. The molecule has 0 amide bonds. The maximum absolute atomic E-state index is 2.38. The lowest BCUT2D eigenvalue weighted by Crippen LogP contribution is -1.93. The van der Waals surface area contributed by atoms with Gasteiger partial charge in [-0.05, 0) is 36.8 Å². The first-order chi connectivity index (χ1) is 9.43. The minimum Gasteiger partial charge on any atom is -0.0805 e. The van der Waals surface area contributed by atoms with Gasteiger partial charge in [0.05, 0.1) is 0 Å². The van der Waals surface area contributed by atoms with Crippen LogP contribution in [0.25, 0.3) is 6.08 Å². The lowest BCUT2D eigenvalue weighted by atomic mass is 9.94. The molecule has 1 unspecified atom stereocenters. The Morgan fingerprint density at radius 3 is 2.89 bits per heavy atom. The molecule has 0 heteroatoms. The highest BCUT2D eigenvalue weighted by molar-refractivity contribution is 5.62. The zero-order chi connectivity index (χ0) is 12.9. The van der Waals surface area contributed by atoms with Crippen LogP contribution in [0.2, 0.25) is 0 Å². The normalized spacial score (nSPS) is 19.8. The summed E-state index contributed by atoms with van der Waals surface area (Å²) in [5.74, 6) is 0.670. The molecule has 2 aliphatic rings. The molecule has 0 heterocycles. The van der Waals surface area contributed by atoms with Crippen LogP contribution in [0.1, 0.15) is 55.6 Å². The van der Waals surface area contributed by atoms with Crippen LogP contribution in [-0.4, -0.2) is 0 Å². The monoisotopic (exact) mass is 250 g/mol. The van der Waals surface area contributed by atoms with E-state index >= 15 is 0 Å². The first-order valence-corrected chi connectivity index (χ1v) is 7.55. The minimum atomic E-state index is 0.670. The topological polar surface area (TPSA) is 0 Å². The molecule has 0 radical (unpaired) electrons. The number of hydrogen-bond donors (Lipinski definition) is 0. The molecular formula is C19H22. The number of allylic oxidation sites excluding steroid dienone is 5. The van der Waals surface area contributed by atoms with Gasteiger partial charge in [0.25, 0.3) is 0 Å². The lowest BCUT2D eigenvalue weighted by molar-refractivity contribution is 0.610. The summed E-state index contributed by atoms with van der Waals surface area (Å²) >= 11 is 0. The SMILES string of the molecule is C1=CCC(CCCCCC2C=Cc3ccccc32)=C1. The number of fused-ring (bicyclic) bond motifs is 1. The van der Waals surface area contributed by atoms with Gasteiger partial charge in [-0.1, -0.05) is 73.1 Å². The number of hydrogen-bond acceptors (Lipinski definition) is 0. The molecule has 0 aliphatic heterocycles. The molecule has 0 spiro atoms. The van der Waals surface area contributed by atoms with E-state index < -0.39 is 0 Å². The predicted molar refractivity (Wildman–Crippen MR) is 83.1 cm³/mol. The molecule has 0 nitrogen and oxygen atoms in total. The van der Waals surface area contributed by atoms with E-state index in [1.165, 1.54) is 49.7 Å². The molecule has 0 N–H and O–H groups in total. The third-order valence-electron chi connectivity index (χ3n) is 4.26. The van der Waals surface area contributed by atoms with Gasteiger partial charge in [0.2, 0.25) is 0 Å². The lowest BCUT2D eigenvalue weighted by Gasteiger charge is -2.10. The van der Waals surface area contributed by atoms with Crippen LogP contribution in [0, 0.1) is 0 Å². The molecule has 0 fully saturated rings. The van der Waals surface area contributed by atoms with Crippen molar-refractivity contribution < 1.29 is 0 Å². The Morgan fingerprint density at radius 2 is 2.00 bits per heavy atom. The fourth-order valence-electron chi connectivity index (χ4n) is 3.15. The van der Waals surface area contributed by atoms with Gasteiger partial charge in [-0.15, -0.1) is 0 Å². The maximum Gasteiger partial charge on any atom is 0.00272 e. The Morgan fingerprint density at radius 1 is 1.05 bits per heavy atom. The molecular weight excluding hydrogens is 228 g/mol. The molecule has 0 bridgehead atoms. The van der Waals surface area contributed by atoms with Gasteiger partial charge in [0.15, 0.2) is 0 Å². The van der Waals surface area contributed by atoms with Crippen molar-refractivity contribution in [1.82, 2.24) is 0 Å². The summed E-state index contributed by atoms with van der Waals surface area (Å²) in [6.07, 6.45) is 19.3. The third kappa shape index (κ3) is 3.07. The molecule has 0 saturated carbocycles. The van der Waals surface area contributed by atoms with Crippen molar-refractivity contribution in [3.63, 3.8) is 0 Å². The molecule has 1 atom stereocenters. The quantitative estimate of drug-likeness (QED) is 0.574. The first kappa shape index (κ1) is 12.5. The number of unbranched alkanes of at least 4 members (excludes halogenated alkanes) is 2. The molecule has 2 aliphatic carbocycles. The largest absolute Gasteiger partial charge is 0.0805 e. The second kappa shape index (κ2) is 6.06. The minimum absolute atomic E-state index is 0.670. The van der Waals surface area contributed by atoms with Crippen molar-refractivity contribution in [3.8, 4) is 0 Å². The van der Waals surface area contributed by atoms with Crippen LogP contribution in [0.15, 0.2) is 54.1 Å². The van der Waals surface area contributed by atoms with E-state index in [-0.39, 0.29) is 0 Å². The van der Waals surface area contributed by atoms with E-state index in [0.717, 1.165) is 0 Å². The summed E-state index contributed by atoms with van der Waals surface area (Å²) in [6.45, 7) is 0. The van der Waals surface area contributed by atoms with E-state index in [9.17, 15) is 0 Å². The molecule has 0 saturated heterocycles. The van der Waals surface area contributed by atoms with Crippen LogP contribution in [0.3, 0.4) is 0 Å². The van der Waals surface area contributed by atoms with Gasteiger partial charge >= 0.3 is 0 Å². The van der Waals surface area contributed by atoms with Crippen LogP contribution in [-0.2, 0) is 0 Å². The second-order valence-corrected chi connectivity index (χ2v) is 5.65. The van der Waals surface area contributed by atoms with Crippen molar-refractivity contribution in [2.75, 3.05) is 0 Å². The predicted octanol–water partition coefficient (Wildman–Crippen LogP) is 5.63. The molecule has 0 aromatic heterocycles. The zero-order valence-corrected chi connectivity index (χ0v) is 11.5. The van der Waals surface area contributed by atoms with Gasteiger partial charge < -0.3 is 0 Å². The summed E-state index contributed by atoms with van der Waals surface area (Å²) in [6, 6.07) is 8.81. The molecule has 1 aromatic carbocycles. The van der Waals surface area contributed by atoms with Gasteiger partial charge in [-0.25, -0.2) is 0 Å². The van der Waals surface area contributed by atoms with E-state index in [4.69, 9.17) is 0 Å². The highest BCUT2D eigenvalue weighted by atomic mass is 14.2. The van der Waals surface area contributed by atoms with Crippen LogP contribution >= 0.6 is 0 Å². The number of rotatable bonds is 6. The van der Waals surface area contributed by atoms with E-state index in [1.54, 1.807) is 5.57 Å². The van der Waals surface area contributed by atoms with Gasteiger partial charge in [-0.2, -0.15) is 0 Å². The van der Waals surface area contributed by atoms with Crippen LogP contribution in [0.4, 0.5) is 0 Å². The molecule has 3 rings (SSSR count). The smallest absolute Gasteiger partial charge is 0.00272 e. The van der Waals surface area contributed by atoms with E-state index in [2.05, 4.69) is 54.6 Å². The summed E-state index contributed by atoms with van der Waals surface area (Å²) < 4.78 is 0. The van der Waals surface area contributed by atoms with Gasteiger partial charge in [-0.3, -0.25) is 0 Å². The standard InChI is InChI=1S/C19H22/c1(2-8-16-9-4-5-10-16)3-11-17-14-15-18-12-6-7-13-19(17)18/h4-7,9,12-15,17H,1-3,8,10-11H2. The summed E-state index contributed by atoms with van der Waals surface area (Å²) in [5, 5.41) is 0. The van der Waals surface area contributed by atoms with Gasteiger partial charge in [0, 0.05) is 5.92 Å². The van der Waals surface area contributed by atoms with Crippen molar-refractivity contribution in [2.24, 2.45) is 0 Å². The molecule has 19 heavy (non-hydrogen) atoms. The zero-order valence-electron chi connectivity index (χ0n) is 11.5. The Hall–Kier alpha value is -1.56. The van der Waals surface area contributed by atoms with Crippen LogP contribution < -0.4 is 0 Å². The van der Waals surface area contributed by atoms with Gasteiger partial charge in [0.1, 0.15) is 0 Å². The van der Waals surface area contributed by atoms with E-state index in [0.29, 0.717) is 5.92 Å².